The Morgan fingerprint density at radius 3 is 1.81 bits per heavy atom. The monoisotopic (exact) mass is 427 g/mol. The summed E-state index contributed by atoms with van der Waals surface area (Å²) in [7, 11) is 0. The van der Waals surface area contributed by atoms with E-state index in [2.05, 4.69) is 0 Å². The topological polar surface area (TPSA) is 73.2 Å². The molecule has 0 aliphatic rings. The Hall–Kier alpha value is -4.12. The molecule has 0 bridgehead atoms. The minimum atomic E-state index is 0.142. The van der Waals surface area contributed by atoms with E-state index in [0.717, 1.165) is 28.1 Å². The van der Waals surface area contributed by atoms with Gasteiger partial charge < -0.3 is 25.0 Å². The molecule has 4 rings (SSSR count). The minimum absolute atomic E-state index is 0.142. The van der Waals surface area contributed by atoms with E-state index in [-0.39, 0.29) is 17.2 Å². The second-order valence-corrected chi connectivity index (χ2v) is 7.91. The predicted molar refractivity (Wildman–Crippen MR) is 127 cm³/mol. The molecule has 5 heteroatoms. The fraction of sp³-hybridized carbons (Fsp3) is 0.111. The molecule has 0 atom stereocenters. The molecule has 32 heavy (non-hydrogen) atoms. The Kier molecular flexibility index (Phi) is 5.65. The second-order valence-electron chi connectivity index (χ2n) is 7.91. The van der Waals surface area contributed by atoms with Crippen molar-refractivity contribution >= 4 is 17.1 Å². The molecule has 0 unspecified atom stereocenters. The molecule has 4 aromatic carbocycles. The van der Waals surface area contributed by atoms with E-state index in [1.165, 1.54) is 0 Å². The third-order valence-electron chi connectivity index (χ3n) is 5.12. The zero-order valence-electron chi connectivity index (χ0n) is 18.2. The first-order valence-corrected chi connectivity index (χ1v) is 10.3. The molecule has 4 aromatic rings. The van der Waals surface area contributed by atoms with Crippen molar-refractivity contribution in [2.45, 2.75) is 20.8 Å². The van der Waals surface area contributed by atoms with Crippen molar-refractivity contribution in [1.29, 1.82) is 0 Å². The first kappa shape index (κ1) is 21.1. The van der Waals surface area contributed by atoms with Crippen LogP contribution in [0.5, 0.6) is 28.7 Å². The van der Waals surface area contributed by atoms with Crippen LogP contribution in [0.4, 0.5) is 17.1 Å². The van der Waals surface area contributed by atoms with Crippen LogP contribution < -0.4 is 9.64 Å². The second kappa shape index (κ2) is 8.55. The molecule has 0 amide bonds. The van der Waals surface area contributed by atoms with Crippen LogP contribution in [-0.4, -0.2) is 15.3 Å². The van der Waals surface area contributed by atoms with Gasteiger partial charge in [0.25, 0.3) is 0 Å². The maximum Gasteiger partial charge on any atom is 0.151 e. The molecule has 0 radical (unpaired) electrons. The smallest absolute Gasteiger partial charge is 0.151 e. The molecule has 0 aliphatic heterocycles. The molecule has 0 heterocycles. The molecule has 0 aliphatic carbocycles. The highest BCUT2D eigenvalue weighted by Gasteiger charge is 2.19. The lowest BCUT2D eigenvalue weighted by Gasteiger charge is -2.28. The van der Waals surface area contributed by atoms with Gasteiger partial charge in [-0.3, -0.25) is 0 Å². The standard InChI is InChI=1S/C27H25NO4/c1-17-10-20(14-22(29)12-17)28(21-11-18(2)13-23(30)15-21)25-6-4-5-7-27(25)32-24-9-8-19(3)26(31)16-24/h4-16,29-31H,1-3H3. The SMILES string of the molecule is Cc1cc(O)cc(N(c2cc(C)cc(O)c2)c2ccccc2Oc2ccc(C)c(O)c2)c1. The van der Waals surface area contributed by atoms with Crippen molar-refractivity contribution < 1.29 is 20.1 Å². The average molecular weight is 428 g/mol. The molecule has 0 saturated heterocycles. The van der Waals surface area contributed by atoms with Gasteiger partial charge in [0.2, 0.25) is 0 Å². The van der Waals surface area contributed by atoms with Crippen LogP contribution in [0.15, 0.2) is 78.9 Å². The summed E-state index contributed by atoms with van der Waals surface area (Å²) in [6, 6.07) is 23.3. The Morgan fingerprint density at radius 2 is 1.25 bits per heavy atom. The van der Waals surface area contributed by atoms with Crippen LogP contribution in [0.25, 0.3) is 0 Å². The maximum atomic E-state index is 10.3. The summed E-state index contributed by atoms with van der Waals surface area (Å²) in [4.78, 5) is 1.92. The summed E-state index contributed by atoms with van der Waals surface area (Å²) in [5, 5.41) is 30.6. The fourth-order valence-electron chi connectivity index (χ4n) is 3.68. The largest absolute Gasteiger partial charge is 0.508 e. The number of phenolic OH excluding ortho intramolecular Hbond substituents is 3. The van der Waals surface area contributed by atoms with E-state index in [9.17, 15) is 15.3 Å². The summed E-state index contributed by atoms with van der Waals surface area (Å²) >= 11 is 0. The molecule has 5 nitrogen and oxygen atoms in total. The van der Waals surface area contributed by atoms with Gasteiger partial charge in [0.1, 0.15) is 23.0 Å². The third-order valence-corrected chi connectivity index (χ3v) is 5.12. The maximum absolute atomic E-state index is 10.3. The first-order valence-electron chi connectivity index (χ1n) is 10.3. The number of nitrogens with zero attached hydrogens (tertiary/aromatic N) is 1. The molecule has 3 N–H and O–H groups in total. The summed E-state index contributed by atoms with van der Waals surface area (Å²) in [6.07, 6.45) is 0. The summed E-state index contributed by atoms with van der Waals surface area (Å²) in [5.41, 5.74) is 4.69. The molecular formula is C27H25NO4. The van der Waals surface area contributed by atoms with Gasteiger partial charge in [-0.1, -0.05) is 18.2 Å². The highest BCUT2D eigenvalue weighted by Crippen LogP contribution is 2.44. The van der Waals surface area contributed by atoms with E-state index in [0.29, 0.717) is 17.2 Å². The van der Waals surface area contributed by atoms with Crippen molar-refractivity contribution in [3.8, 4) is 28.7 Å². The Bertz CT molecular complexity index is 1190. The number of anilines is 3. The summed E-state index contributed by atoms with van der Waals surface area (Å²) < 4.78 is 6.16. The van der Waals surface area contributed by atoms with Gasteiger partial charge in [0.15, 0.2) is 5.75 Å². The van der Waals surface area contributed by atoms with Crippen molar-refractivity contribution in [3.05, 3.63) is 95.6 Å². The van der Waals surface area contributed by atoms with Crippen molar-refractivity contribution in [2.75, 3.05) is 4.90 Å². The van der Waals surface area contributed by atoms with Gasteiger partial charge in [-0.05, 0) is 79.9 Å². The summed E-state index contributed by atoms with van der Waals surface area (Å²) in [6.45, 7) is 5.64. The first-order chi connectivity index (χ1) is 15.3. The van der Waals surface area contributed by atoms with Crippen LogP contribution in [0.1, 0.15) is 16.7 Å². The van der Waals surface area contributed by atoms with E-state index in [1.54, 1.807) is 42.5 Å². The van der Waals surface area contributed by atoms with Gasteiger partial charge >= 0.3 is 0 Å². The lowest BCUT2D eigenvalue weighted by Crippen LogP contribution is -2.11. The Labute approximate surface area is 187 Å². The highest BCUT2D eigenvalue weighted by atomic mass is 16.5. The molecule has 0 saturated carbocycles. The normalized spacial score (nSPS) is 10.7. The van der Waals surface area contributed by atoms with Crippen LogP contribution in [0.2, 0.25) is 0 Å². The van der Waals surface area contributed by atoms with Crippen LogP contribution >= 0.6 is 0 Å². The van der Waals surface area contributed by atoms with Crippen LogP contribution in [-0.2, 0) is 0 Å². The zero-order valence-corrected chi connectivity index (χ0v) is 18.2. The van der Waals surface area contributed by atoms with Crippen molar-refractivity contribution in [3.63, 3.8) is 0 Å². The van der Waals surface area contributed by atoms with E-state index in [4.69, 9.17) is 4.74 Å². The van der Waals surface area contributed by atoms with Gasteiger partial charge in [0, 0.05) is 18.2 Å². The molecule has 0 spiro atoms. The Morgan fingerprint density at radius 1 is 0.656 bits per heavy atom. The number of phenols is 3. The van der Waals surface area contributed by atoms with Gasteiger partial charge in [-0.25, -0.2) is 0 Å². The number of para-hydroxylation sites is 2. The molecule has 0 aromatic heterocycles. The number of ether oxygens (including phenoxy) is 1. The number of hydrogen-bond acceptors (Lipinski definition) is 5. The van der Waals surface area contributed by atoms with E-state index < -0.39 is 0 Å². The van der Waals surface area contributed by atoms with E-state index >= 15 is 0 Å². The minimum Gasteiger partial charge on any atom is -0.508 e. The number of aryl methyl sites for hydroxylation is 3. The van der Waals surface area contributed by atoms with Crippen LogP contribution in [0.3, 0.4) is 0 Å². The van der Waals surface area contributed by atoms with Crippen molar-refractivity contribution in [1.82, 2.24) is 0 Å². The highest BCUT2D eigenvalue weighted by molar-refractivity contribution is 5.82. The molecule has 162 valence electrons. The summed E-state index contributed by atoms with van der Waals surface area (Å²) in [5.74, 6) is 1.49. The third kappa shape index (κ3) is 4.47. The molecular weight excluding hydrogens is 402 g/mol. The van der Waals surface area contributed by atoms with Crippen molar-refractivity contribution in [2.24, 2.45) is 0 Å². The number of hydrogen-bond donors (Lipinski definition) is 3. The van der Waals surface area contributed by atoms with Crippen LogP contribution in [0, 0.1) is 20.8 Å². The number of benzene rings is 4. The van der Waals surface area contributed by atoms with Gasteiger partial charge in [0.05, 0.1) is 17.1 Å². The fourth-order valence-corrected chi connectivity index (χ4v) is 3.68. The molecule has 0 fully saturated rings. The predicted octanol–water partition coefficient (Wildman–Crippen LogP) is 6.99. The van der Waals surface area contributed by atoms with E-state index in [1.807, 2.05) is 62.1 Å². The lowest BCUT2D eigenvalue weighted by molar-refractivity contribution is 0.452. The van der Waals surface area contributed by atoms with Gasteiger partial charge in [-0.2, -0.15) is 0 Å². The Balaban J connectivity index is 1.89. The zero-order chi connectivity index (χ0) is 22.8. The number of aromatic hydroxyl groups is 3. The lowest BCUT2D eigenvalue weighted by atomic mass is 10.1. The number of rotatable bonds is 5. The average Bonchev–Trinajstić information content (AvgIpc) is 2.71. The quantitative estimate of drug-likeness (QED) is 0.320. The van der Waals surface area contributed by atoms with Gasteiger partial charge in [-0.15, -0.1) is 0 Å².